The Morgan fingerprint density at radius 1 is 1.30 bits per heavy atom. The Bertz CT molecular complexity index is 980. The number of pyridine rings is 1. The number of likely N-dealkylation sites (tertiary alicyclic amines) is 1. The quantitative estimate of drug-likeness (QED) is 0.758. The summed E-state index contributed by atoms with van der Waals surface area (Å²) in [4.78, 5) is 27.9. The fraction of sp³-hybridized carbons (Fsp3) is 0.421. The van der Waals surface area contributed by atoms with Gasteiger partial charge in [-0.1, -0.05) is 5.16 Å². The van der Waals surface area contributed by atoms with Crippen molar-refractivity contribution < 1.29 is 9.32 Å². The number of rotatable bonds is 3. The van der Waals surface area contributed by atoms with E-state index in [4.69, 9.17) is 10.3 Å². The average molecular weight is 366 g/mol. The second-order valence-electron chi connectivity index (χ2n) is 6.94. The van der Waals surface area contributed by atoms with Crippen molar-refractivity contribution in [1.82, 2.24) is 25.0 Å². The van der Waals surface area contributed by atoms with Crippen LogP contribution in [0, 0.1) is 13.8 Å². The van der Waals surface area contributed by atoms with E-state index in [-0.39, 0.29) is 11.9 Å². The van der Waals surface area contributed by atoms with Gasteiger partial charge in [0.25, 0.3) is 0 Å². The van der Waals surface area contributed by atoms with Crippen LogP contribution in [-0.2, 0) is 11.2 Å². The number of amides is 1. The maximum atomic E-state index is 13.1. The standard InChI is InChI=1S/C19H22N6O2/c1-11-14(12(2)27-24-11)9-17(26)25-8-4-3-5-16(25)15-7-6-13-18(20)21-10-22-19(13)23-15/h6-7,10,16H,3-5,8-9H2,1-2H3,(H2,20,21,22,23). The Kier molecular flexibility index (Phi) is 4.47. The average Bonchev–Trinajstić information content (AvgIpc) is 3.00. The van der Waals surface area contributed by atoms with Crippen molar-refractivity contribution in [2.45, 2.75) is 45.6 Å². The zero-order valence-electron chi connectivity index (χ0n) is 15.5. The third-order valence-corrected chi connectivity index (χ3v) is 5.22. The third kappa shape index (κ3) is 3.22. The van der Waals surface area contributed by atoms with Crippen LogP contribution in [0.5, 0.6) is 0 Å². The second kappa shape index (κ2) is 6.94. The van der Waals surface area contributed by atoms with Gasteiger partial charge in [0.2, 0.25) is 5.91 Å². The van der Waals surface area contributed by atoms with Crippen LogP contribution in [0.4, 0.5) is 5.82 Å². The first-order valence-electron chi connectivity index (χ1n) is 9.13. The number of nitrogen functional groups attached to an aromatic ring is 1. The summed E-state index contributed by atoms with van der Waals surface area (Å²) < 4.78 is 5.20. The Morgan fingerprint density at radius 2 is 2.15 bits per heavy atom. The van der Waals surface area contributed by atoms with Gasteiger partial charge in [0.1, 0.15) is 17.9 Å². The van der Waals surface area contributed by atoms with Crippen LogP contribution < -0.4 is 5.73 Å². The number of carbonyl (C=O) groups excluding carboxylic acids is 1. The lowest BCUT2D eigenvalue weighted by Gasteiger charge is -2.35. The van der Waals surface area contributed by atoms with Gasteiger partial charge in [-0.25, -0.2) is 15.0 Å². The molecule has 1 saturated heterocycles. The number of fused-ring (bicyclic) bond motifs is 1. The molecule has 0 aliphatic carbocycles. The van der Waals surface area contributed by atoms with Gasteiger partial charge in [-0.05, 0) is 45.2 Å². The summed E-state index contributed by atoms with van der Waals surface area (Å²) in [5.41, 5.74) is 8.93. The molecular weight excluding hydrogens is 344 g/mol. The van der Waals surface area contributed by atoms with E-state index in [1.54, 1.807) is 0 Å². The summed E-state index contributed by atoms with van der Waals surface area (Å²) in [6.07, 6.45) is 4.64. The minimum absolute atomic E-state index is 0.0627. The van der Waals surface area contributed by atoms with E-state index in [1.807, 2.05) is 30.9 Å². The van der Waals surface area contributed by atoms with E-state index < -0.39 is 0 Å². The first-order chi connectivity index (χ1) is 13.0. The number of nitrogens with zero attached hydrogens (tertiary/aromatic N) is 5. The van der Waals surface area contributed by atoms with E-state index in [9.17, 15) is 4.79 Å². The third-order valence-electron chi connectivity index (χ3n) is 5.22. The molecule has 3 aromatic rings. The Morgan fingerprint density at radius 3 is 2.93 bits per heavy atom. The number of carbonyl (C=O) groups is 1. The molecule has 0 radical (unpaired) electrons. The maximum absolute atomic E-state index is 13.1. The molecule has 1 amide bonds. The van der Waals surface area contributed by atoms with Crippen LogP contribution in [-0.4, -0.2) is 37.5 Å². The predicted molar refractivity (Wildman–Crippen MR) is 99.7 cm³/mol. The van der Waals surface area contributed by atoms with Gasteiger partial charge >= 0.3 is 0 Å². The van der Waals surface area contributed by atoms with Gasteiger partial charge in [-0.15, -0.1) is 0 Å². The molecule has 1 fully saturated rings. The number of nitrogens with two attached hydrogens (primary N) is 1. The van der Waals surface area contributed by atoms with Crippen LogP contribution in [0.3, 0.4) is 0 Å². The SMILES string of the molecule is Cc1noc(C)c1CC(=O)N1CCCCC1c1ccc2c(N)ncnc2n1. The van der Waals surface area contributed by atoms with Crippen LogP contribution in [0.2, 0.25) is 0 Å². The van der Waals surface area contributed by atoms with Crippen molar-refractivity contribution in [3.05, 3.63) is 41.2 Å². The summed E-state index contributed by atoms with van der Waals surface area (Å²) in [5, 5.41) is 4.68. The highest BCUT2D eigenvalue weighted by atomic mass is 16.5. The molecule has 0 saturated carbocycles. The van der Waals surface area contributed by atoms with E-state index in [1.165, 1.54) is 6.33 Å². The smallest absolute Gasteiger partial charge is 0.227 e. The lowest BCUT2D eigenvalue weighted by atomic mass is 9.97. The topological polar surface area (TPSA) is 111 Å². The number of hydrogen-bond acceptors (Lipinski definition) is 7. The summed E-state index contributed by atoms with van der Waals surface area (Å²) in [5.74, 6) is 1.18. The van der Waals surface area contributed by atoms with Crippen molar-refractivity contribution >= 4 is 22.8 Å². The van der Waals surface area contributed by atoms with Crippen molar-refractivity contribution in [1.29, 1.82) is 0 Å². The number of aryl methyl sites for hydroxylation is 2. The Hall–Kier alpha value is -3.03. The lowest BCUT2D eigenvalue weighted by Crippen LogP contribution is -2.39. The molecule has 1 aliphatic heterocycles. The summed E-state index contributed by atoms with van der Waals surface area (Å²) >= 11 is 0. The molecule has 8 nitrogen and oxygen atoms in total. The molecule has 0 bridgehead atoms. The van der Waals surface area contributed by atoms with Gasteiger partial charge in [0.15, 0.2) is 5.65 Å². The van der Waals surface area contributed by atoms with Gasteiger partial charge in [-0.2, -0.15) is 0 Å². The minimum Gasteiger partial charge on any atom is -0.383 e. The predicted octanol–water partition coefficient (Wildman–Crippen LogP) is 2.51. The maximum Gasteiger partial charge on any atom is 0.227 e. The lowest BCUT2D eigenvalue weighted by molar-refractivity contribution is -0.134. The fourth-order valence-electron chi connectivity index (χ4n) is 3.71. The Balaban J connectivity index is 1.63. The molecule has 4 rings (SSSR count). The molecule has 1 atom stereocenters. The minimum atomic E-state index is -0.0627. The van der Waals surface area contributed by atoms with E-state index in [2.05, 4.69) is 20.1 Å². The Labute approximate surface area is 156 Å². The van der Waals surface area contributed by atoms with Crippen molar-refractivity contribution in [2.75, 3.05) is 12.3 Å². The number of piperidine rings is 1. The molecule has 0 aromatic carbocycles. The summed E-state index contributed by atoms with van der Waals surface area (Å²) in [7, 11) is 0. The van der Waals surface area contributed by atoms with Gasteiger partial charge in [0, 0.05) is 12.1 Å². The molecule has 27 heavy (non-hydrogen) atoms. The molecule has 8 heteroatoms. The molecule has 4 heterocycles. The number of anilines is 1. The second-order valence-corrected chi connectivity index (χ2v) is 6.94. The number of hydrogen-bond donors (Lipinski definition) is 1. The van der Waals surface area contributed by atoms with E-state index in [0.29, 0.717) is 23.6 Å². The van der Waals surface area contributed by atoms with Crippen LogP contribution in [0.25, 0.3) is 11.0 Å². The highest BCUT2D eigenvalue weighted by Crippen LogP contribution is 2.32. The fourth-order valence-corrected chi connectivity index (χ4v) is 3.71. The monoisotopic (exact) mass is 366 g/mol. The zero-order valence-corrected chi connectivity index (χ0v) is 15.5. The number of aromatic nitrogens is 4. The van der Waals surface area contributed by atoms with Crippen LogP contribution >= 0.6 is 0 Å². The highest BCUT2D eigenvalue weighted by Gasteiger charge is 2.30. The molecule has 140 valence electrons. The first kappa shape index (κ1) is 17.4. The normalized spacial score (nSPS) is 17.4. The molecular formula is C19H22N6O2. The van der Waals surface area contributed by atoms with Crippen LogP contribution in [0.1, 0.15) is 48.0 Å². The van der Waals surface area contributed by atoms with Crippen molar-refractivity contribution in [2.24, 2.45) is 0 Å². The van der Waals surface area contributed by atoms with Gasteiger partial charge in [-0.3, -0.25) is 4.79 Å². The summed E-state index contributed by atoms with van der Waals surface area (Å²) in [6.45, 7) is 4.42. The highest BCUT2D eigenvalue weighted by molar-refractivity contribution is 5.85. The molecule has 1 aliphatic rings. The zero-order chi connectivity index (χ0) is 19.0. The summed E-state index contributed by atoms with van der Waals surface area (Å²) in [6, 6.07) is 3.75. The van der Waals surface area contributed by atoms with Crippen molar-refractivity contribution in [3.8, 4) is 0 Å². The van der Waals surface area contributed by atoms with Crippen molar-refractivity contribution in [3.63, 3.8) is 0 Å². The first-order valence-corrected chi connectivity index (χ1v) is 9.13. The van der Waals surface area contributed by atoms with E-state index in [0.717, 1.165) is 48.1 Å². The molecule has 2 N–H and O–H groups in total. The molecule has 0 spiro atoms. The molecule has 1 unspecified atom stereocenters. The van der Waals surface area contributed by atoms with Crippen LogP contribution in [0.15, 0.2) is 23.0 Å². The van der Waals surface area contributed by atoms with Gasteiger partial charge < -0.3 is 15.2 Å². The largest absolute Gasteiger partial charge is 0.383 e. The molecule has 3 aromatic heterocycles. The van der Waals surface area contributed by atoms with E-state index >= 15 is 0 Å². The van der Waals surface area contributed by atoms with Gasteiger partial charge in [0.05, 0.1) is 29.2 Å².